The molecule has 7 heteroatoms. The minimum Gasteiger partial charge on any atom is -0.395 e. The molecular formula is C27H33FN4O2. The first-order chi connectivity index (χ1) is 16.5. The van der Waals surface area contributed by atoms with Crippen LogP contribution in [0.15, 0.2) is 48.5 Å². The zero-order chi connectivity index (χ0) is 24.1. The Balaban J connectivity index is 1.48. The number of hydrogen-bond donors (Lipinski definition) is 2. The summed E-state index contributed by atoms with van der Waals surface area (Å²) >= 11 is 0. The van der Waals surface area contributed by atoms with Crippen LogP contribution in [0.5, 0.6) is 0 Å². The highest BCUT2D eigenvalue weighted by Crippen LogP contribution is 2.42. The minimum atomic E-state index is -0.332. The fourth-order valence-electron chi connectivity index (χ4n) is 4.95. The van der Waals surface area contributed by atoms with Crippen LogP contribution in [-0.4, -0.2) is 84.8 Å². The summed E-state index contributed by atoms with van der Waals surface area (Å²) in [6.07, 6.45) is 1.88. The van der Waals surface area contributed by atoms with E-state index in [0.717, 1.165) is 30.5 Å². The largest absolute Gasteiger partial charge is 0.395 e. The zero-order valence-electron chi connectivity index (χ0n) is 19.9. The van der Waals surface area contributed by atoms with Crippen molar-refractivity contribution in [1.82, 2.24) is 14.7 Å². The third-order valence-corrected chi connectivity index (χ3v) is 6.68. The number of carbonyl (C=O) groups is 1. The van der Waals surface area contributed by atoms with Gasteiger partial charge in [-0.25, -0.2) is 9.18 Å². The molecule has 2 saturated heterocycles. The lowest BCUT2D eigenvalue weighted by atomic mass is 9.74. The van der Waals surface area contributed by atoms with Crippen molar-refractivity contribution in [2.24, 2.45) is 0 Å². The van der Waals surface area contributed by atoms with Crippen LogP contribution in [0.1, 0.15) is 29.9 Å². The number of halogens is 1. The molecule has 2 heterocycles. The van der Waals surface area contributed by atoms with Crippen LogP contribution in [0.4, 0.5) is 14.9 Å². The SMILES string of the molecule is CN(C)CC#Cc1ccc([C@@H]2[C@H]3CN(C(=O)Nc4ccc(F)cc4)CCCCN3[C@H]2CO)cc1. The molecule has 0 unspecified atom stereocenters. The fourth-order valence-corrected chi connectivity index (χ4v) is 4.95. The van der Waals surface area contributed by atoms with E-state index in [1.165, 1.54) is 12.1 Å². The first kappa shape index (κ1) is 24.2. The molecule has 6 nitrogen and oxygen atoms in total. The smallest absolute Gasteiger partial charge is 0.321 e. The van der Waals surface area contributed by atoms with E-state index in [9.17, 15) is 14.3 Å². The molecule has 2 aromatic rings. The number of fused-ring (bicyclic) bond motifs is 1. The van der Waals surface area contributed by atoms with Gasteiger partial charge >= 0.3 is 6.03 Å². The van der Waals surface area contributed by atoms with E-state index in [-0.39, 0.29) is 36.5 Å². The van der Waals surface area contributed by atoms with Gasteiger partial charge in [0.15, 0.2) is 0 Å². The number of nitrogens with one attached hydrogen (secondary N) is 1. The molecule has 180 valence electrons. The van der Waals surface area contributed by atoms with Crippen LogP contribution in [0.2, 0.25) is 0 Å². The van der Waals surface area contributed by atoms with E-state index >= 15 is 0 Å². The number of carbonyl (C=O) groups excluding carboxylic acids is 1. The van der Waals surface area contributed by atoms with Crippen molar-refractivity contribution in [3.8, 4) is 11.8 Å². The molecule has 2 aliphatic heterocycles. The minimum absolute atomic E-state index is 0.0517. The topological polar surface area (TPSA) is 59.0 Å². The van der Waals surface area contributed by atoms with Crippen molar-refractivity contribution >= 4 is 11.7 Å². The second-order valence-corrected chi connectivity index (χ2v) is 9.33. The van der Waals surface area contributed by atoms with E-state index in [1.54, 1.807) is 12.1 Å². The maximum Gasteiger partial charge on any atom is 0.321 e. The van der Waals surface area contributed by atoms with E-state index in [0.29, 0.717) is 25.3 Å². The van der Waals surface area contributed by atoms with Gasteiger partial charge in [-0.3, -0.25) is 9.80 Å². The standard InChI is InChI=1S/C27H33FN4O2/c1-30(2)15-5-6-20-7-9-21(10-8-20)26-24-18-31(16-3-4-17-32(24)25(26)19-33)27(34)29-23-13-11-22(28)12-14-23/h7-14,24-26,33H,3-4,15-19H2,1-2H3,(H,29,34)/t24-,25+,26-/m1/s1. The van der Waals surface area contributed by atoms with E-state index < -0.39 is 0 Å². The molecular weight excluding hydrogens is 431 g/mol. The van der Waals surface area contributed by atoms with Crippen molar-refractivity contribution < 1.29 is 14.3 Å². The van der Waals surface area contributed by atoms with Crippen LogP contribution >= 0.6 is 0 Å². The summed E-state index contributed by atoms with van der Waals surface area (Å²) in [5.41, 5.74) is 2.72. The molecule has 0 bridgehead atoms. The Hall–Kier alpha value is -2.92. The Morgan fingerprint density at radius 3 is 2.50 bits per heavy atom. The first-order valence-corrected chi connectivity index (χ1v) is 11.9. The molecule has 2 amide bonds. The predicted molar refractivity (Wildman–Crippen MR) is 132 cm³/mol. The summed E-state index contributed by atoms with van der Waals surface area (Å²) in [6, 6.07) is 14.1. The van der Waals surface area contributed by atoms with Gasteiger partial charge in [0.1, 0.15) is 5.82 Å². The van der Waals surface area contributed by atoms with Gasteiger partial charge in [-0.15, -0.1) is 0 Å². The molecule has 0 spiro atoms. The molecule has 2 N–H and O–H groups in total. The van der Waals surface area contributed by atoms with Crippen molar-refractivity contribution in [2.45, 2.75) is 30.8 Å². The summed E-state index contributed by atoms with van der Waals surface area (Å²) in [5, 5.41) is 13.0. The third kappa shape index (κ3) is 5.58. The van der Waals surface area contributed by atoms with Gasteiger partial charge in [0.25, 0.3) is 0 Å². The van der Waals surface area contributed by atoms with Crippen LogP contribution in [0, 0.1) is 17.7 Å². The number of anilines is 1. The molecule has 2 aromatic carbocycles. The molecule has 0 saturated carbocycles. The average Bonchev–Trinajstić information content (AvgIpc) is 2.80. The molecule has 4 rings (SSSR count). The van der Waals surface area contributed by atoms with E-state index in [1.807, 2.05) is 36.0 Å². The van der Waals surface area contributed by atoms with Crippen molar-refractivity contribution in [3.63, 3.8) is 0 Å². The summed E-state index contributed by atoms with van der Waals surface area (Å²) in [6.45, 7) is 2.98. The summed E-state index contributed by atoms with van der Waals surface area (Å²) in [4.78, 5) is 19.2. The molecule has 0 aromatic heterocycles. The Kier molecular flexibility index (Phi) is 7.84. The quantitative estimate of drug-likeness (QED) is 0.683. The lowest BCUT2D eigenvalue weighted by Crippen LogP contribution is -2.68. The first-order valence-electron chi connectivity index (χ1n) is 11.9. The summed E-state index contributed by atoms with van der Waals surface area (Å²) in [5.74, 6) is 6.16. The fraction of sp³-hybridized carbons (Fsp3) is 0.444. The van der Waals surface area contributed by atoms with Crippen molar-refractivity contribution in [2.75, 3.05) is 52.2 Å². The number of hydrogen-bond acceptors (Lipinski definition) is 4. The van der Waals surface area contributed by atoms with Crippen LogP contribution < -0.4 is 5.32 Å². The monoisotopic (exact) mass is 464 g/mol. The van der Waals surface area contributed by atoms with E-state index in [4.69, 9.17) is 0 Å². The van der Waals surface area contributed by atoms with Gasteiger partial charge in [-0.2, -0.15) is 0 Å². The lowest BCUT2D eigenvalue weighted by molar-refractivity contribution is -0.0585. The summed E-state index contributed by atoms with van der Waals surface area (Å²) in [7, 11) is 3.99. The van der Waals surface area contributed by atoms with Gasteiger partial charge in [-0.1, -0.05) is 24.0 Å². The highest BCUT2D eigenvalue weighted by Gasteiger charge is 2.49. The molecule has 2 aliphatic rings. The van der Waals surface area contributed by atoms with Gasteiger partial charge in [-0.05, 0) is 75.4 Å². The van der Waals surface area contributed by atoms with Gasteiger partial charge in [0.05, 0.1) is 13.2 Å². The van der Waals surface area contributed by atoms with Gasteiger partial charge in [0, 0.05) is 42.3 Å². The zero-order valence-corrected chi connectivity index (χ0v) is 19.9. The Labute approximate surface area is 201 Å². The third-order valence-electron chi connectivity index (χ3n) is 6.68. The van der Waals surface area contributed by atoms with Crippen LogP contribution in [0.25, 0.3) is 0 Å². The van der Waals surface area contributed by atoms with Crippen molar-refractivity contribution in [3.05, 3.63) is 65.5 Å². The lowest BCUT2D eigenvalue weighted by Gasteiger charge is -2.57. The molecule has 2 fully saturated rings. The maximum atomic E-state index is 13.2. The average molecular weight is 465 g/mol. The molecule has 0 aliphatic carbocycles. The highest BCUT2D eigenvalue weighted by molar-refractivity contribution is 5.89. The summed E-state index contributed by atoms with van der Waals surface area (Å²) < 4.78 is 13.2. The Morgan fingerprint density at radius 2 is 1.82 bits per heavy atom. The van der Waals surface area contributed by atoms with E-state index in [2.05, 4.69) is 34.2 Å². The number of rotatable bonds is 4. The molecule has 0 radical (unpaired) electrons. The second kappa shape index (κ2) is 11.0. The number of aliphatic hydroxyl groups is 1. The normalized spacial score (nSPS) is 22.6. The van der Waals surface area contributed by atoms with Crippen LogP contribution in [0.3, 0.4) is 0 Å². The molecule has 34 heavy (non-hydrogen) atoms. The molecule has 3 atom stereocenters. The van der Waals surface area contributed by atoms with Gasteiger partial charge < -0.3 is 15.3 Å². The highest BCUT2D eigenvalue weighted by atomic mass is 19.1. The number of urea groups is 1. The second-order valence-electron chi connectivity index (χ2n) is 9.33. The maximum absolute atomic E-state index is 13.2. The number of nitrogens with zero attached hydrogens (tertiary/aromatic N) is 3. The van der Waals surface area contributed by atoms with Gasteiger partial charge in [0.2, 0.25) is 0 Å². The number of aliphatic hydroxyl groups excluding tert-OH is 1. The Bertz CT molecular complexity index is 1030. The van der Waals surface area contributed by atoms with Crippen molar-refractivity contribution in [1.29, 1.82) is 0 Å². The predicted octanol–water partition coefficient (Wildman–Crippen LogP) is 3.20. The number of amides is 2. The van der Waals surface area contributed by atoms with Crippen LogP contribution in [-0.2, 0) is 0 Å². The Morgan fingerprint density at radius 1 is 1.12 bits per heavy atom. The number of benzene rings is 2.